The van der Waals surface area contributed by atoms with Crippen LogP contribution in [0, 0.1) is 0 Å². The van der Waals surface area contributed by atoms with Crippen LogP contribution in [-0.2, 0) is 4.79 Å². The first-order chi connectivity index (χ1) is 15.8. The molecule has 7 nitrogen and oxygen atoms in total. The van der Waals surface area contributed by atoms with Crippen molar-refractivity contribution in [2.75, 3.05) is 10.6 Å². The maximum absolute atomic E-state index is 12.7. The van der Waals surface area contributed by atoms with Gasteiger partial charge in [0.25, 0.3) is 0 Å². The lowest BCUT2D eigenvalue weighted by Crippen LogP contribution is -2.21. The van der Waals surface area contributed by atoms with E-state index >= 15 is 0 Å². The number of carbonyl (C=O) groups excluding carboxylic acids is 1. The van der Waals surface area contributed by atoms with E-state index in [4.69, 9.17) is 23.2 Å². The zero-order chi connectivity index (χ0) is 23.5. The second-order valence-corrected chi connectivity index (χ2v) is 8.87. The normalized spacial score (nSPS) is 11.7. The number of nitrogens with one attached hydrogen (secondary N) is 2. The Hall–Kier alpha value is -3.33. The number of benzene rings is 2. The summed E-state index contributed by atoms with van der Waals surface area (Å²) in [5.74, 6) is -1.22. The van der Waals surface area contributed by atoms with E-state index in [1.54, 1.807) is 60.1 Å². The molecule has 0 bridgehead atoms. The van der Waals surface area contributed by atoms with E-state index in [-0.39, 0.29) is 5.02 Å². The van der Waals surface area contributed by atoms with Crippen molar-refractivity contribution < 1.29 is 14.7 Å². The van der Waals surface area contributed by atoms with Crippen LogP contribution in [-0.4, -0.2) is 26.9 Å². The van der Waals surface area contributed by atoms with Crippen molar-refractivity contribution in [3.05, 3.63) is 81.7 Å². The third kappa shape index (κ3) is 5.03. The molecule has 0 aliphatic rings. The number of urea groups is 1. The van der Waals surface area contributed by atoms with Gasteiger partial charge in [-0.3, -0.25) is 10.1 Å². The summed E-state index contributed by atoms with van der Waals surface area (Å²) in [4.78, 5) is 25.1. The predicted molar refractivity (Wildman–Crippen MR) is 132 cm³/mol. The molecule has 1 atom stereocenters. The molecule has 10 heteroatoms. The van der Waals surface area contributed by atoms with Crippen LogP contribution in [0.1, 0.15) is 18.4 Å². The minimum atomic E-state index is -0.928. The maximum atomic E-state index is 12.7. The molecule has 0 spiro atoms. The van der Waals surface area contributed by atoms with Crippen molar-refractivity contribution >= 4 is 58.0 Å². The highest BCUT2D eigenvalue weighted by Gasteiger charge is 2.18. The lowest BCUT2D eigenvalue weighted by Gasteiger charge is -2.13. The fourth-order valence-electron chi connectivity index (χ4n) is 3.15. The molecule has 2 aromatic heterocycles. The number of hydrogen-bond donors (Lipinski definition) is 3. The number of halogens is 2. The van der Waals surface area contributed by atoms with Crippen LogP contribution in [0.25, 0.3) is 16.3 Å². The Labute approximate surface area is 203 Å². The van der Waals surface area contributed by atoms with Crippen molar-refractivity contribution in [2.24, 2.45) is 0 Å². The van der Waals surface area contributed by atoms with Gasteiger partial charge in [0.1, 0.15) is 11.5 Å². The topological polar surface area (TPSA) is 96.2 Å². The average molecular weight is 501 g/mol. The van der Waals surface area contributed by atoms with Gasteiger partial charge >= 0.3 is 12.0 Å². The number of hydrogen-bond acceptors (Lipinski definition) is 4. The molecule has 0 saturated heterocycles. The van der Waals surface area contributed by atoms with Gasteiger partial charge in [0.2, 0.25) is 0 Å². The Kier molecular flexibility index (Phi) is 6.69. The largest absolute Gasteiger partial charge is 0.481 e. The Bertz CT molecular complexity index is 1320. The van der Waals surface area contributed by atoms with E-state index in [1.165, 1.54) is 11.3 Å². The SMILES string of the molecule is CC(C(=O)O)c1cccc(-n2nc(-c3cccs3)cc2NC(=O)Nc2cccc(Cl)c2Cl)c1. The van der Waals surface area contributed by atoms with E-state index in [9.17, 15) is 14.7 Å². The number of amides is 2. The number of carboxylic acids is 1. The van der Waals surface area contributed by atoms with Gasteiger partial charge in [0, 0.05) is 6.07 Å². The van der Waals surface area contributed by atoms with E-state index < -0.39 is 17.9 Å². The van der Waals surface area contributed by atoms with Crippen LogP contribution < -0.4 is 10.6 Å². The fraction of sp³-hybridized carbons (Fsp3) is 0.0870. The van der Waals surface area contributed by atoms with Gasteiger partial charge in [-0.05, 0) is 48.2 Å². The lowest BCUT2D eigenvalue weighted by atomic mass is 10.0. The minimum Gasteiger partial charge on any atom is -0.481 e. The molecule has 2 heterocycles. The highest BCUT2D eigenvalue weighted by molar-refractivity contribution is 7.13. The van der Waals surface area contributed by atoms with E-state index in [1.807, 2.05) is 17.5 Å². The molecular weight excluding hydrogens is 483 g/mol. The second kappa shape index (κ2) is 9.66. The summed E-state index contributed by atoms with van der Waals surface area (Å²) in [7, 11) is 0. The van der Waals surface area contributed by atoms with Crippen molar-refractivity contribution in [2.45, 2.75) is 12.8 Å². The van der Waals surface area contributed by atoms with Crippen molar-refractivity contribution in [1.82, 2.24) is 9.78 Å². The number of aromatic nitrogens is 2. The third-order valence-corrected chi connectivity index (χ3v) is 6.62. The standard InChI is InChI=1S/C23H18Cl2N4O3S/c1-13(22(30)31)14-5-2-6-15(11-14)29-20(12-18(28-29)19-9-4-10-33-19)27-23(32)26-17-8-3-7-16(24)21(17)25/h2-13H,1H3,(H,30,31)(H2,26,27,32). The van der Waals surface area contributed by atoms with Crippen molar-refractivity contribution in [3.8, 4) is 16.3 Å². The van der Waals surface area contributed by atoms with Gasteiger partial charge in [-0.1, -0.05) is 47.5 Å². The molecule has 33 heavy (non-hydrogen) atoms. The molecular formula is C23H18Cl2N4O3S. The quantitative estimate of drug-likeness (QED) is 0.273. The molecule has 0 fully saturated rings. The van der Waals surface area contributed by atoms with Gasteiger partial charge < -0.3 is 10.4 Å². The first kappa shape index (κ1) is 22.8. The van der Waals surface area contributed by atoms with Crippen LogP contribution in [0.4, 0.5) is 16.3 Å². The zero-order valence-corrected chi connectivity index (χ0v) is 19.6. The van der Waals surface area contributed by atoms with E-state index in [0.717, 1.165) is 4.88 Å². The Morgan fingerprint density at radius 1 is 1.06 bits per heavy atom. The van der Waals surface area contributed by atoms with Gasteiger partial charge in [-0.2, -0.15) is 5.10 Å². The number of carbonyl (C=O) groups is 2. The predicted octanol–water partition coefficient (Wildman–Crippen LogP) is 6.74. The Balaban J connectivity index is 1.69. The van der Waals surface area contributed by atoms with E-state index in [2.05, 4.69) is 15.7 Å². The Morgan fingerprint density at radius 2 is 1.85 bits per heavy atom. The molecule has 0 radical (unpaired) electrons. The molecule has 168 valence electrons. The molecule has 0 aliphatic heterocycles. The number of rotatable bonds is 6. The molecule has 0 aliphatic carbocycles. The number of carboxylic acid groups (broad SMARTS) is 1. The number of anilines is 2. The molecule has 0 saturated carbocycles. The summed E-state index contributed by atoms with van der Waals surface area (Å²) >= 11 is 13.7. The maximum Gasteiger partial charge on any atom is 0.324 e. The minimum absolute atomic E-state index is 0.234. The van der Waals surface area contributed by atoms with Gasteiger partial charge in [-0.15, -0.1) is 11.3 Å². The molecule has 1 unspecified atom stereocenters. The van der Waals surface area contributed by atoms with Crippen LogP contribution in [0.2, 0.25) is 10.0 Å². The molecule has 4 aromatic rings. The number of nitrogens with zero attached hydrogens (tertiary/aromatic N) is 2. The first-order valence-corrected chi connectivity index (χ1v) is 11.5. The molecule has 2 amide bonds. The van der Waals surface area contributed by atoms with Gasteiger partial charge in [-0.25, -0.2) is 9.48 Å². The lowest BCUT2D eigenvalue weighted by molar-refractivity contribution is -0.138. The van der Waals surface area contributed by atoms with Gasteiger partial charge in [0.15, 0.2) is 0 Å². The summed E-state index contributed by atoms with van der Waals surface area (Å²) in [5.41, 5.74) is 2.26. The fourth-order valence-corrected chi connectivity index (χ4v) is 4.18. The first-order valence-electron chi connectivity index (χ1n) is 9.82. The van der Waals surface area contributed by atoms with Gasteiger partial charge in [0.05, 0.1) is 32.2 Å². The monoisotopic (exact) mass is 500 g/mol. The number of aliphatic carboxylic acids is 1. The highest BCUT2D eigenvalue weighted by atomic mass is 35.5. The summed E-state index contributed by atoms with van der Waals surface area (Å²) in [5, 5.41) is 22.0. The highest BCUT2D eigenvalue weighted by Crippen LogP contribution is 2.31. The molecule has 2 aromatic carbocycles. The third-order valence-electron chi connectivity index (χ3n) is 4.91. The smallest absolute Gasteiger partial charge is 0.324 e. The average Bonchev–Trinajstić information content (AvgIpc) is 3.46. The molecule has 4 rings (SSSR count). The number of thiophene rings is 1. The van der Waals surface area contributed by atoms with E-state index in [0.29, 0.717) is 33.5 Å². The summed E-state index contributed by atoms with van der Waals surface area (Å²) in [6, 6.07) is 17.0. The van der Waals surface area contributed by atoms with Crippen molar-refractivity contribution in [1.29, 1.82) is 0 Å². The summed E-state index contributed by atoms with van der Waals surface area (Å²) < 4.78 is 1.56. The van der Waals surface area contributed by atoms with Crippen LogP contribution in [0.5, 0.6) is 0 Å². The second-order valence-electron chi connectivity index (χ2n) is 7.14. The van der Waals surface area contributed by atoms with Crippen molar-refractivity contribution in [3.63, 3.8) is 0 Å². The molecule has 3 N–H and O–H groups in total. The van der Waals surface area contributed by atoms with Crippen LogP contribution in [0.15, 0.2) is 66.0 Å². The van der Waals surface area contributed by atoms with Crippen LogP contribution >= 0.6 is 34.5 Å². The Morgan fingerprint density at radius 3 is 2.58 bits per heavy atom. The van der Waals surface area contributed by atoms with Crippen LogP contribution in [0.3, 0.4) is 0 Å². The zero-order valence-electron chi connectivity index (χ0n) is 17.3. The summed E-state index contributed by atoms with van der Waals surface area (Å²) in [6.07, 6.45) is 0. The summed E-state index contributed by atoms with van der Waals surface area (Å²) in [6.45, 7) is 1.61.